The topological polar surface area (TPSA) is 66.5 Å². The maximum atomic E-state index is 12.9. The summed E-state index contributed by atoms with van der Waals surface area (Å²) in [5.74, 6) is -2.16. The van der Waals surface area contributed by atoms with Gasteiger partial charge in [-0.3, -0.25) is 19.3 Å². The van der Waals surface area contributed by atoms with Gasteiger partial charge < -0.3 is 5.32 Å². The maximum absolute atomic E-state index is 12.9. The fraction of sp³-hybridized carbons (Fsp3) is 0.500. The molecular weight excluding hydrogens is 406 g/mol. The van der Waals surface area contributed by atoms with Crippen molar-refractivity contribution in [2.75, 3.05) is 11.9 Å². The highest BCUT2D eigenvalue weighted by atomic mass is 19.4. The van der Waals surface area contributed by atoms with Gasteiger partial charge in [-0.05, 0) is 31.0 Å². The third-order valence-corrected chi connectivity index (χ3v) is 5.22. The molecular formula is C18H16F6N2O3. The van der Waals surface area contributed by atoms with Crippen molar-refractivity contribution in [1.82, 2.24) is 4.90 Å². The van der Waals surface area contributed by atoms with E-state index in [9.17, 15) is 40.7 Å². The first-order valence-corrected chi connectivity index (χ1v) is 8.76. The first-order chi connectivity index (χ1) is 13.3. The Morgan fingerprint density at radius 3 is 1.97 bits per heavy atom. The molecule has 1 aromatic rings. The van der Waals surface area contributed by atoms with Crippen LogP contribution in [0.5, 0.6) is 0 Å². The van der Waals surface area contributed by atoms with Crippen molar-refractivity contribution < 1.29 is 40.7 Å². The van der Waals surface area contributed by atoms with Crippen molar-refractivity contribution in [2.24, 2.45) is 5.41 Å². The third-order valence-electron chi connectivity index (χ3n) is 5.22. The van der Waals surface area contributed by atoms with Crippen LogP contribution >= 0.6 is 0 Å². The minimum Gasteiger partial charge on any atom is -0.325 e. The van der Waals surface area contributed by atoms with E-state index in [4.69, 9.17) is 0 Å². The number of rotatable bonds is 3. The van der Waals surface area contributed by atoms with Crippen LogP contribution in [0.1, 0.15) is 43.2 Å². The van der Waals surface area contributed by atoms with Crippen molar-refractivity contribution in [3.63, 3.8) is 0 Å². The lowest BCUT2D eigenvalue weighted by Gasteiger charge is -2.21. The molecule has 1 N–H and O–H groups in total. The summed E-state index contributed by atoms with van der Waals surface area (Å²) in [5.41, 5.74) is -4.73. The van der Waals surface area contributed by atoms with Crippen molar-refractivity contribution in [3.05, 3.63) is 29.3 Å². The number of carbonyl (C=O) groups excluding carboxylic acids is 3. The zero-order valence-electron chi connectivity index (χ0n) is 14.9. The van der Waals surface area contributed by atoms with E-state index in [0.29, 0.717) is 25.0 Å². The van der Waals surface area contributed by atoms with Gasteiger partial charge in [-0.2, -0.15) is 26.3 Å². The quantitative estimate of drug-likeness (QED) is 0.592. The normalized spacial score (nSPS) is 19.3. The summed E-state index contributed by atoms with van der Waals surface area (Å²) in [6.07, 6.45) is -7.60. The molecule has 1 heterocycles. The monoisotopic (exact) mass is 422 g/mol. The first kappa shape index (κ1) is 21.1. The van der Waals surface area contributed by atoms with Gasteiger partial charge in [0, 0.05) is 12.1 Å². The highest BCUT2D eigenvalue weighted by Gasteiger charge is 2.52. The van der Waals surface area contributed by atoms with Crippen LogP contribution < -0.4 is 5.32 Å². The van der Waals surface area contributed by atoms with Crippen LogP contribution in [0, 0.1) is 5.41 Å². The average Bonchev–Trinajstić information content (AvgIpc) is 3.14. The fourth-order valence-electron chi connectivity index (χ4n) is 3.83. The van der Waals surface area contributed by atoms with Crippen LogP contribution in [0.2, 0.25) is 0 Å². The number of alkyl halides is 6. The summed E-state index contributed by atoms with van der Waals surface area (Å²) in [6.45, 7) is -0.767. The van der Waals surface area contributed by atoms with Gasteiger partial charge in [0.15, 0.2) is 0 Å². The molecule has 1 saturated carbocycles. The molecule has 3 amide bonds. The molecule has 5 nitrogen and oxygen atoms in total. The predicted molar refractivity (Wildman–Crippen MR) is 87.3 cm³/mol. The largest absolute Gasteiger partial charge is 0.416 e. The van der Waals surface area contributed by atoms with Crippen LogP contribution in [0.15, 0.2) is 18.2 Å². The molecule has 158 valence electrons. The zero-order valence-corrected chi connectivity index (χ0v) is 14.9. The van der Waals surface area contributed by atoms with E-state index in [-0.39, 0.29) is 12.5 Å². The maximum Gasteiger partial charge on any atom is 0.416 e. The van der Waals surface area contributed by atoms with E-state index in [1.165, 1.54) is 0 Å². The molecule has 1 saturated heterocycles. The van der Waals surface area contributed by atoms with Crippen LogP contribution in [-0.4, -0.2) is 29.2 Å². The SMILES string of the molecule is O=C(CN1C(=O)CC2(CCCC2)C1=O)Nc1cc(C(F)(F)F)cc(C(F)(F)F)c1. The minimum atomic E-state index is -5.06. The second-order valence-electron chi connectivity index (χ2n) is 7.29. The van der Waals surface area contributed by atoms with Gasteiger partial charge in [-0.25, -0.2) is 0 Å². The number of hydrogen-bond acceptors (Lipinski definition) is 3. The van der Waals surface area contributed by atoms with Crippen molar-refractivity contribution in [2.45, 2.75) is 44.5 Å². The molecule has 1 aromatic carbocycles. The second-order valence-corrected chi connectivity index (χ2v) is 7.29. The Kier molecular flexibility index (Phi) is 5.12. The lowest BCUT2D eigenvalue weighted by atomic mass is 9.84. The number of hydrogen-bond donors (Lipinski definition) is 1. The van der Waals surface area contributed by atoms with Crippen molar-refractivity contribution in [3.8, 4) is 0 Å². The van der Waals surface area contributed by atoms with Gasteiger partial charge in [0.2, 0.25) is 17.7 Å². The van der Waals surface area contributed by atoms with Gasteiger partial charge in [0.1, 0.15) is 6.54 Å². The Morgan fingerprint density at radius 1 is 0.966 bits per heavy atom. The van der Waals surface area contributed by atoms with E-state index < -0.39 is 58.8 Å². The van der Waals surface area contributed by atoms with Crippen molar-refractivity contribution in [1.29, 1.82) is 0 Å². The van der Waals surface area contributed by atoms with E-state index in [0.717, 1.165) is 17.7 Å². The Labute approximate surface area is 161 Å². The molecule has 0 aromatic heterocycles. The minimum absolute atomic E-state index is 0.0408. The van der Waals surface area contributed by atoms with Crippen LogP contribution in [0.3, 0.4) is 0 Å². The number of halogens is 6. The van der Waals surface area contributed by atoms with Gasteiger partial charge in [0.05, 0.1) is 16.5 Å². The number of anilines is 1. The number of carbonyl (C=O) groups is 3. The summed E-state index contributed by atoms with van der Waals surface area (Å²) in [6, 6.07) is 0.658. The van der Waals surface area contributed by atoms with E-state index in [2.05, 4.69) is 0 Å². The number of benzene rings is 1. The first-order valence-electron chi connectivity index (χ1n) is 8.76. The molecule has 2 fully saturated rings. The number of nitrogens with zero attached hydrogens (tertiary/aromatic N) is 1. The zero-order chi connectivity index (χ0) is 21.6. The Hall–Kier alpha value is -2.59. The standard InChI is InChI=1S/C18H16F6N2O3/c19-17(20,21)10-5-11(18(22,23)24)7-12(6-10)25-13(27)9-26-14(28)8-16(15(26)29)3-1-2-4-16/h5-7H,1-4,8-9H2,(H,25,27). The van der Waals surface area contributed by atoms with Gasteiger partial charge >= 0.3 is 12.4 Å². The molecule has 11 heteroatoms. The highest BCUT2D eigenvalue weighted by Crippen LogP contribution is 2.46. The molecule has 1 spiro atoms. The number of imide groups is 1. The Morgan fingerprint density at radius 2 is 1.48 bits per heavy atom. The molecule has 0 radical (unpaired) electrons. The van der Waals surface area contributed by atoms with Crippen LogP contribution in [0.25, 0.3) is 0 Å². The molecule has 29 heavy (non-hydrogen) atoms. The van der Waals surface area contributed by atoms with E-state index in [1.807, 2.05) is 5.32 Å². The third kappa shape index (κ3) is 4.23. The van der Waals surface area contributed by atoms with Crippen LogP contribution in [0.4, 0.5) is 32.0 Å². The molecule has 3 rings (SSSR count). The smallest absolute Gasteiger partial charge is 0.325 e. The Balaban J connectivity index is 1.78. The molecule has 2 aliphatic rings. The summed E-state index contributed by atoms with van der Waals surface area (Å²) < 4.78 is 77.4. The van der Waals surface area contributed by atoms with E-state index >= 15 is 0 Å². The molecule has 1 aliphatic carbocycles. The average molecular weight is 422 g/mol. The second kappa shape index (κ2) is 7.03. The van der Waals surface area contributed by atoms with E-state index in [1.54, 1.807) is 0 Å². The predicted octanol–water partition coefficient (Wildman–Crippen LogP) is 3.98. The fourth-order valence-corrected chi connectivity index (χ4v) is 3.83. The highest BCUT2D eigenvalue weighted by molar-refractivity contribution is 6.09. The summed E-state index contributed by atoms with van der Waals surface area (Å²) in [5, 5.41) is 1.93. The van der Waals surface area contributed by atoms with Crippen molar-refractivity contribution >= 4 is 23.4 Å². The van der Waals surface area contributed by atoms with Crippen LogP contribution in [-0.2, 0) is 26.7 Å². The number of nitrogens with one attached hydrogen (secondary N) is 1. The number of amides is 3. The summed E-state index contributed by atoms with van der Waals surface area (Å²) in [7, 11) is 0. The lowest BCUT2D eigenvalue weighted by molar-refractivity contribution is -0.144. The van der Waals surface area contributed by atoms with Gasteiger partial charge in [0.25, 0.3) is 0 Å². The van der Waals surface area contributed by atoms with Gasteiger partial charge in [-0.1, -0.05) is 12.8 Å². The molecule has 0 bridgehead atoms. The lowest BCUT2D eigenvalue weighted by Crippen LogP contribution is -2.40. The summed E-state index contributed by atoms with van der Waals surface area (Å²) >= 11 is 0. The molecule has 1 aliphatic heterocycles. The number of likely N-dealkylation sites (tertiary alicyclic amines) is 1. The van der Waals surface area contributed by atoms with Gasteiger partial charge in [-0.15, -0.1) is 0 Å². The molecule has 0 unspecified atom stereocenters. The summed E-state index contributed by atoms with van der Waals surface area (Å²) in [4.78, 5) is 37.5. The Bertz CT molecular complexity index is 824. The molecule has 0 atom stereocenters.